The molecule has 0 heterocycles. The monoisotopic (exact) mass is 276 g/mol. The molecule has 0 saturated heterocycles. The first-order valence-electron chi connectivity index (χ1n) is 7.73. The second-order valence-electron chi connectivity index (χ2n) is 5.47. The van der Waals surface area contributed by atoms with E-state index in [9.17, 15) is 4.79 Å². The summed E-state index contributed by atoms with van der Waals surface area (Å²) in [5, 5.41) is 6.41. The molecule has 1 atom stereocenters. The van der Waals surface area contributed by atoms with E-state index < -0.39 is 0 Å². The van der Waals surface area contributed by atoms with E-state index >= 15 is 0 Å². The van der Waals surface area contributed by atoms with E-state index in [0.29, 0.717) is 0 Å². The first-order chi connectivity index (χ1) is 9.58. The zero-order chi connectivity index (χ0) is 15.0. The Kier molecular flexibility index (Phi) is 7.13. The predicted octanol–water partition coefficient (Wildman–Crippen LogP) is 4.13. The highest BCUT2D eigenvalue weighted by atomic mass is 16.1. The average molecular weight is 276 g/mol. The van der Waals surface area contributed by atoms with Crippen LogP contribution in [0.4, 0.5) is 5.69 Å². The van der Waals surface area contributed by atoms with Gasteiger partial charge in [-0.2, -0.15) is 0 Å². The van der Waals surface area contributed by atoms with Crippen molar-refractivity contribution in [3.8, 4) is 0 Å². The lowest BCUT2D eigenvalue weighted by Crippen LogP contribution is -2.32. The van der Waals surface area contributed by atoms with Gasteiger partial charge in [-0.05, 0) is 50.5 Å². The molecular weight excluding hydrogens is 248 g/mol. The number of benzene rings is 1. The molecule has 1 unspecified atom stereocenters. The van der Waals surface area contributed by atoms with Crippen LogP contribution < -0.4 is 10.6 Å². The van der Waals surface area contributed by atoms with Crippen molar-refractivity contribution in [2.75, 3.05) is 11.9 Å². The summed E-state index contributed by atoms with van der Waals surface area (Å²) in [6.07, 6.45) is 4.45. The molecule has 0 radical (unpaired) electrons. The number of hydrogen-bond acceptors (Lipinski definition) is 2. The van der Waals surface area contributed by atoms with Crippen LogP contribution in [0.3, 0.4) is 0 Å². The molecular formula is C17H28N2O. The van der Waals surface area contributed by atoms with Crippen molar-refractivity contribution in [2.45, 2.75) is 59.4 Å². The molecule has 1 aromatic carbocycles. The van der Waals surface area contributed by atoms with Gasteiger partial charge in [0.2, 0.25) is 0 Å². The average Bonchev–Trinajstić information content (AvgIpc) is 2.42. The van der Waals surface area contributed by atoms with Crippen LogP contribution in [0, 0.1) is 6.92 Å². The number of rotatable bonds is 8. The molecule has 0 aliphatic carbocycles. The molecule has 2 N–H and O–H groups in total. The molecule has 0 bridgehead atoms. The van der Waals surface area contributed by atoms with Gasteiger partial charge in [-0.25, -0.2) is 0 Å². The molecule has 0 fully saturated rings. The van der Waals surface area contributed by atoms with Gasteiger partial charge in [0.25, 0.3) is 5.91 Å². The molecule has 0 aromatic heterocycles. The second kappa shape index (κ2) is 8.62. The SMILES string of the molecule is CCCCC(C)NC(=O)c1ccc(NCCC)cc1C. The summed E-state index contributed by atoms with van der Waals surface area (Å²) in [4.78, 5) is 12.2. The lowest BCUT2D eigenvalue weighted by Gasteiger charge is -2.15. The maximum atomic E-state index is 12.2. The van der Waals surface area contributed by atoms with Crippen molar-refractivity contribution < 1.29 is 4.79 Å². The number of carbonyl (C=O) groups is 1. The third kappa shape index (κ3) is 5.24. The molecule has 112 valence electrons. The molecule has 0 aliphatic heterocycles. The molecule has 20 heavy (non-hydrogen) atoms. The Morgan fingerprint density at radius 1 is 1.25 bits per heavy atom. The van der Waals surface area contributed by atoms with E-state index in [1.807, 2.05) is 25.1 Å². The Morgan fingerprint density at radius 2 is 2.00 bits per heavy atom. The van der Waals surface area contributed by atoms with Crippen LogP contribution in [-0.2, 0) is 0 Å². The zero-order valence-electron chi connectivity index (χ0n) is 13.3. The lowest BCUT2D eigenvalue weighted by atomic mass is 10.1. The highest BCUT2D eigenvalue weighted by Gasteiger charge is 2.12. The van der Waals surface area contributed by atoms with E-state index in [2.05, 4.69) is 31.4 Å². The number of anilines is 1. The van der Waals surface area contributed by atoms with Crippen molar-refractivity contribution in [1.29, 1.82) is 0 Å². The van der Waals surface area contributed by atoms with Crippen LogP contribution in [0.25, 0.3) is 0 Å². The van der Waals surface area contributed by atoms with Gasteiger partial charge >= 0.3 is 0 Å². The summed E-state index contributed by atoms with van der Waals surface area (Å²) in [5.41, 5.74) is 2.88. The van der Waals surface area contributed by atoms with Crippen LogP contribution in [0.1, 0.15) is 62.4 Å². The molecule has 3 heteroatoms. The summed E-state index contributed by atoms with van der Waals surface area (Å²) < 4.78 is 0. The fourth-order valence-electron chi connectivity index (χ4n) is 2.18. The number of hydrogen-bond donors (Lipinski definition) is 2. The summed E-state index contributed by atoms with van der Waals surface area (Å²) in [6, 6.07) is 6.17. The summed E-state index contributed by atoms with van der Waals surface area (Å²) in [6.45, 7) is 9.32. The van der Waals surface area contributed by atoms with Gasteiger partial charge in [0.05, 0.1) is 0 Å². The predicted molar refractivity (Wildman–Crippen MR) is 86.4 cm³/mol. The molecule has 0 aliphatic rings. The molecule has 0 saturated carbocycles. The van der Waals surface area contributed by atoms with Gasteiger partial charge in [-0.3, -0.25) is 4.79 Å². The van der Waals surface area contributed by atoms with Gasteiger partial charge in [0.15, 0.2) is 0 Å². The van der Waals surface area contributed by atoms with E-state index in [-0.39, 0.29) is 11.9 Å². The largest absolute Gasteiger partial charge is 0.385 e. The Bertz CT molecular complexity index is 429. The maximum Gasteiger partial charge on any atom is 0.251 e. The van der Waals surface area contributed by atoms with Gasteiger partial charge in [0.1, 0.15) is 0 Å². The van der Waals surface area contributed by atoms with Crippen LogP contribution in [0.2, 0.25) is 0 Å². The van der Waals surface area contributed by atoms with Gasteiger partial charge in [-0.1, -0.05) is 26.7 Å². The van der Waals surface area contributed by atoms with Crippen molar-refractivity contribution in [3.05, 3.63) is 29.3 Å². The van der Waals surface area contributed by atoms with Crippen LogP contribution in [0.5, 0.6) is 0 Å². The van der Waals surface area contributed by atoms with Crippen molar-refractivity contribution in [3.63, 3.8) is 0 Å². The normalized spacial score (nSPS) is 12.0. The number of unbranched alkanes of at least 4 members (excludes halogenated alkanes) is 1. The lowest BCUT2D eigenvalue weighted by molar-refractivity contribution is 0.0937. The summed E-state index contributed by atoms with van der Waals surface area (Å²) in [5.74, 6) is 0.0353. The minimum absolute atomic E-state index is 0.0353. The van der Waals surface area contributed by atoms with Crippen LogP contribution in [-0.4, -0.2) is 18.5 Å². The van der Waals surface area contributed by atoms with E-state index in [1.165, 1.54) is 0 Å². The third-order valence-corrected chi connectivity index (χ3v) is 3.42. The Labute approximate surface area is 123 Å². The Hall–Kier alpha value is -1.51. The Balaban J connectivity index is 2.64. The number of nitrogens with one attached hydrogen (secondary N) is 2. The van der Waals surface area contributed by atoms with Gasteiger partial charge < -0.3 is 10.6 Å². The van der Waals surface area contributed by atoms with Gasteiger partial charge in [0, 0.05) is 23.8 Å². The first kappa shape index (κ1) is 16.5. The third-order valence-electron chi connectivity index (χ3n) is 3.42. The highest BCUT2D eigenvalue weighted by Crippen LogP contribution is 2.15. The van der Waals surface area contributed by atoms with E-state index in [4.69, 9.17) is 0 Å². The quantitative estimate of drug-likeness (QED) is 0.749. The van der Waals surface area contributed by atoms with E-state index in [0.717, 1.165) is 49.0 Å². The Morgan fingerprint density at radius 3 is 2.60 bits per heavy atom. The smallest absolute Gasteiger partial charge is 0.251 e. The van der Waals surface area contributed by atoms with Crippen LogP contribution in [0.15, 0.2) is 18.2 Å². The van der Waals surface area contributed by atoms with Crippen molar-refractivity contribution in [1.82, 2.24) is 5.32 Å². The first-order valence-corrected chi connectivity index (χ1v) is 7.73. The summed E-state index contributed by atoms with van der Waals surface area (Å²) in [7, 11) is 0. The molecule has 3 nitrogen and oxygen atoms in total. The zero-order valence-corrected chi connectivity index (χ0v) is 13.3. The number of aryl methyl sites for hydroxylation is 1. The van der Waals surface area contributed by atoms with Crippen molar-refractivity contribution in [2.24, 2.45) is 0 Å². The minimum Gasteiger partial charge on any atom is -0.385 e. The molecule has 0 spiro atoms. The van der Waals surface area contributed by atoms with Gasteiger partial charge in [-0.15, -0.1) is 0 Å². The molecule has 1 rings (SSSR count). The number of amides is 1. The maximum absolute atomic E-state index is 12.2. The molecule has 1 aromatic rings. The second-order valence-corrected chi connectivity index (χ2v) is 5.47. The topological polar surface area (TPSA) is 41.1 Å². The summed E-state index contributed by atoms with van der Waals surface area (Å²) >= 11 is 0. The minimum atomic E-state index is 0.0353. The van der Waals surface area contributed by atoms with Crippen LogP contribution >= 0.6 is 0 Å². The fraction of sp³-hybridized carbons (Fsp3) is 0.588. The fourth-order valence-corrected chi connectivity index (χ4v) is 2.18. The highest BCUT2D eigenvalue weighted by molar-refractivity contribution is 5.96. The van der Waals surface area contributed by atoms with E-state index in [1.54, 1.807) is 0 Å². The standard InChI is InChI=1S/C17H28N2O/c1-5-7-8-14(4)19-17(20)16-10-9-15(12-13(16)3)18-11-6-2/h9-10,12,14,18H,5-8,11H2,1-4H3,(H,19,20). The number of carbonyl (C=O) groups excluding carboxylic acids is 1. The molecule has 1 amide bonds. The van der Waals surface area contributed by atoms with Crippen molar-refractivity contribution >= 4 is 11.6 Å².